The van der Waals surface area contributed by atoms with Crippen LogP contribution in [0.3, 0.4) is 0 Å². The molecule has 2 amide bonds. The van der Waals surface area contributed by atoms with E-state index >= 15 is 0 Å². The molecule has 1 saturated heterocycles. The molecule has 0 aliphatic carbocycles. The van der Waals surface area contributed by atoms with E-state index in [1.54, 1.807) is 0 Å². The summed E-state index contributed by atoms with van der Waals surface area (Å²) in [6, 6.07) is -0.312. The minimum absolute atomic E-state index is 0.250. The molecular weight excluding hydrogens is 244 g/mol. The van der Waals surface area contributed by atoms with Crippen molar-refractivity contribution in [2.45, 2.75) is 12.8 Å². The predicted molar refractivity (Wildman–Crippen MR) is 60.9 cm³/mol. The maximum Gasteiger partial charge on any atom is 0.323 e. The lowest BCUT2D eigenvalue weighted by Gasteiger charge is -2.30. The number of carboxylic acid groups (broad SMARTS) is 1. The van der Waals surface area contributed by atoms with Crippen molar-refractivity contribution in [3.05, 3.63) is 5.51 Å². The van der Waals surface area contributed by atoms with Gasteiger partial charge in [-0.3, -0.25) is 10.1 Å². The van der Waals surface area contributed by atoms with Crippen LogP contribution in [0.1, 0.15) is 12.8 Å². The number of rotatable bonds is 2. The van der Waals surface area contributed by atoms with Crippen molar-refractivity contribution >= 4 is 28.5 Å². The first-order valence-corrected chi connectivity index (χ1v) is 6.09. The quantitative estimate of drug-likeness (QED) is 0.818. The van der Waals surface area contributed by atoms with Crippen molar-refractivity contribution in [2.75, 3.05) is 18.4 Å². The number of anilines is 1. The van der Waals surface area contributed by atoms with Crippen LogP contribution in [0.2, 0.25) is 0 Å². The van der Waals surface area contributed by atoms with Gasteiger partial charge in [-0.05, 0) is 12.8 Å². The number of carbonyl (C=O) groups is 2. The summed E-state index contributed by atoms with van der Waals surface area (Å²) in [5.41, 5.74) is 1.52. The van der Waals surface area contributed by atoms with Crippen LogP contribution in [-0.4, -0.2) is 45.3 Å². The number of amides is 2. The van der Waals surface area contributed by atoms with Crippen LogP contribution in [0, 0.1) is 5.92 Å². The summed E-state index contributed by atoms with van der Waals surface area (Å²) < 4.78 is 0. The number of piperidine rings is 1. The fraction of sp³-hybridized carbons (Fsp3) is 0.556. The Labute approximate surface area is 101 Å². The second-order valence-electron chi connectivity index (χ2n) is 3.80. The molecule has 1 atom stereocenters. The summed E-state index contributed by atoms with van der Waals surface area (Å²) in [6.45, 7) is 0.828. The van der Waals surface area contributed by atoms with Gasteiger partial charge in [0.05, 0.1) is 5.92 Å². The van der Waals surface area contributed by atoms with E-state index in [1.165, 1.54) is 21.7 Å². The molecule has 2 rings (SSSR count). The van der Waals surface area contributed by atoms with E-state index in [0.29, 0.717) is 24.5 Å². The van der Waals surface area contributed by atoms with Gasteiger partial charge in [0.1, 0.15) is 5.51 Å². The highest BCUT2D eigenvalue weighted by Crippen LogP contribution is 2.18. The van der Waals surface area contributed by atoms with Crippen molar-refractivity contribution in [3.63, 3.8) is 0 Å². The standard InChI is InChI=1S/C9H12N4O3S/c14-7(15)6-2-1-3-13(4-6)9(16)11-8-12-10-5-17-8/h5-6H,1-4H2,(H,14,15)(H,11,12,16). The van der Waals surface area contributed by atoms with Gasteiger partial charge in [0.25, 0.3) is 0 Å². The Bertz CT molecular complexity index is 408. The Morgan fingerprint density at radius 1 is 1.59 bits per heavy atom. The van der Waals surface area contributed by atoms with Crippen LogP contribution in [0.25, 0.3) is 0 Å². The number of carboxylic acids is 1. The van der Waals surface area contributed by atoms with Gasteiger partial charge in [0.15, 0.2) is 0 Å². The van der Waals surface area contributed by atoms with E-state index in [4.69, 9.17) is 5.11 Å². The van der Waals surface area contributed by atoms with Gasteiger partial charge in [-0.25, -0.2) is 4.79 Å². The summed E-state index contributed by atoms with van der Waals surface area (Å²) in [4.78, 5) is 24.2. The largest absolute Gasteiger partial charge is 0.481 e. The SMILES string of the molecule is O=C(O)C1CCCN(C(=O)Nc2nncs2)C1. The number of hydrogen-bond acceptors (Lipinski definition) is 5. The number of carbonyl (C=O) groups excluding carboxylic acids is 1. The zero-order valence-corrected chi connectivity index (χ0v) is 9.81. The topological polar surface area (TPSA) is 95.4 Å². The third kappa shape index (κ3) is 2.90. The molecule has 1 aliphatic heterocycles. The first kappa shape index (κ1) is 11.8. The van der Waals surface area contributed by atoms with Crippen LogP contribution in [0.5, 0.6) is 0 Å². The molecule has 1 aromatic rings. The molecule has 1 aliphatic rings. The highest BCUT2D eigenvalue weighted by molar-refractivity contribution is 7.13. The third-order valence-corrected chi connectivity index (χ3v) is 3.24. The number of aromatic nitrogens is 2. The van der Waals surface area contributed by atoms with Crippen molar-refractivity contribution in [1.82, 2.24) is 15.1 Å². The zero-order chi connectivity index (χ0) is 12.3. The molecule has 1 aromatic heterocycles. The second-order valence-corrected chi connectivity index (χ2v) is 4.63. The normalized spacial score (nSPS) is 20.0. The smallest absolute Gasteiger partial charge is 0.323 e. The molecule has 0 aromatic carbocycles. The Morgan fingerprint density at radius 3 is 3.06 bits per heavy atom. The molecule has 2 N–H and O–H groups in total. The van der Waals surface area contributed by atoms with Gasteiger partial charge >= 0.3 is 12.0 Å². The van der Waals surface area contributed by atoms with Gasteiger partial charge < -0.3 is 10.0 Å². The molecule has 1 fully saturated rings. The number of urea groups is 1. The van der Waals surface area contributed by atoms with Crippen LogP contribution >= 0.6 is 11.3 Å². The molecule has 7 nitrogen and oxygen atoms in total. The Morgan fingerprint density at radius 2 is 2.41 bits per heavy atom. The lowest BCUT2D eigenvalue weighted by Crippen LogP contribution is -2.44. The maximum absolute atomic E-state index is 11.8. The van der Waals surface area contributed by atoms with Crippen molar-refractivity contribution in [3.8, 4) is 0 Å². The minimum atomic E-state index is -0.849. The first-order valence-electron chi connectivity index (χ1n) is 5.21. The third-order valence-electron chi connectivity index (χ3n) is 2.63. The molecule has 0 radical (unpaired) electrons. The van der Waals surface area contributed by atoms with Gasteiger partial charge in [-0.1, -0.05) is 11.3 Å². The number of aliphatic carboxylic acids is 1. The molecule has 0 bridgehead atoms. The monoisotopic (exact) mass is 256 g/mol. The lowest BCUT2D eigenvalue weighted by atomic mass is 9.99. The van der Waals surface area contributed by atoms with Gasteiger partial charge in [0.2, 0.25) is 5.13 Å². The lowest BCUT2D eigenvalue weighted by molar-refractivity contribution is -0.143. The van der Waals surface area contributed by atoms with Crippen LogP contribution in [0.15, 0.2) is 5.51 Å². The molecule has 0 spiro atoms. The number of nitrogens with one attached hydrogen (secondary N) is 1. The highest BCUT2D eigenvalue weighted by Gasteiger charge is 2.28. The Hall–Kier alpha value is -1.70. The van der Waals surface area contributed by atoms with Crippen LogP contribution < -0.4 is 5.32 Å². The van der Waals surface area contributed by atoms with Gasteiger partial charge in [0, 0.05) is 13.1 Å². The average Bonchev–Trinajstić information content (AvgIpc) is 2.82. The minimum Gasteiger partial charge on any atom is -0.481 e. The van der Waals surface area contributed by atoms with Crippen LogP contribution in [-0.2, 0) is 4.79 Å². The predicted octanol–water partition coefficient (Wildman–Crippen LogP) is 0.867. The Kier molecular flexibility index (Phi) is 3.52. The number of hydrogen-bond donors (Lipinski definition) is 2. The maximum atomic E-state index is 11.8. The number of nitrogens with zero attached hydrogens (tertiary/aromatic N) is 3. The second kappa shape index (κ2) is 5.09. The van der Waals surface area contributed by atoms with Crippen LogP contribution in [0.4, 0.5) is 9.93 Å². The molecule has 1 unspecified atom stereocenters. The van der Waals surface area contributed by atoms with Crippen molar-refractivity contribution in [2.24, 2.45) is 5.92 Å². The summed E-state index contributed by atoms with van der Waals surface area (Å²) in [6.07, 6.45) is 1.33. The molecule has 8 heteroatoms. The van der Waals surface area contributed by atoms with E-state index in [1.807, 2.05) is 0 Å². The molecular formula is C9H12N4O3S. The summed E-state index contributed by atoms with van der Waals surface area (Å²) in [5, 5.41) is 19.2. The molecule has 17 heavy (non-hydrogen) atoms. The first-order chi connectivity index (χ1) is 8.16. The average molecular weight is 256 g/mol. The fourth-order valence-corrected chi connectivity index (χ4v) is 2.20. The van der Waals surface area contributed by atoms with Gasteiger partial charge in [-0.2, -0.15) is 0 Å². The molecule has 0 saturated carbocycles. The molecule has 92 valence electrons. The van der Waals surface area contributed by atoms with E-state index in [2.05, 4.69) is 15.5 Å². The fourth-order valence-electron chi connectivity index (χ4n) is 1.76. The Balaban J connectivity index is 1.93. The van der Waals surface area contributed by atoms with E-state index in [9.17, 15) is 9.59 Å². The van der Waals surface area contributed by atoms with Crippen molar-refractivity contribution < 1.29 is 14.7 Å². The summed E-state index contributed by atoms with van der Waals surface area (Å²) in [5.74, 6) is -1.32. The number of likely N-dealkylation sites (tertiary alicyclic amines) is 1. The summed E-state index contributed by atoms with van der Waals surface area (Å²) >= 11 is 1.23. The molecule has 2 heterocycles. The van der Waals surface area contributed by atoms with Crippen molar-refractivity contribution in [1.29, 1.82) is 0 Å². The summed E-state index contributed by atoms with van der Waals surface area (Å²) in [7, 11) is 0. The van der Waals surface area contributed by atoms with Gasteiger partial charge in [-0.15, -0.1) is 10.2 Å². The van der Waals surface area contributed by atoms with E-state index < -0.39 is 11.9 Å². The van der Waals surface area contributed by atoms with E-state index in [-0.39, 0.29) is 12.6 Å². The van der Waals surface area contributed by atoms with E-state index in [0.717, 1.165) is 0 Å². The zero-order valence-electron chi connectivity index (χ0n) is 9.00. The highest BCUT2D eigenvalue weighted by atomic mass is 32.1.